The number of aromatic nitrogens is 1. The SMILES string of the molecule is CCNC(c1cc(C)cc(C)n1)c1occc1Br. The van der Waals surface area contributed by atoms with Crippen LogP contribution in [-0.2, 0) is 0 Å². The fourth-order valence-electron chi connectivity index (χ4n) is 2.07. The van der Waals surface area contributed by atoms with Crippen LogP contribution in [0.5, 0.6) is 0 Å². The van der Waals surface area contributed by atoms with Crippen LogP contribution in [0, 0.1) is 13.8 Å². The molecule has 2 aromatic rings. The zero-order chi connectivity index (χ0) is 13.1. The standard InChI is InChI=1S/C14H17BrN2O/c1-4-16-13(14-11(15)5-6-18-14)12-8-9(2)7-10(3)17-12/h5-8,13,16H,4H2,1-3H3. The lowest BCUT2D eigenvalue weighted by Crippen LogP contribution is -2.23. The first-order chi connectivity index (χ1) is 8.61. The second-order valence-corrected chi connectivity index (χ2v) is 5.19. The normalized spacial score (nSPS) is 12.7. The van der Waals surface area contributed by atoms with Crippen molar-refractivity contribution in [2.45, 2.75) is 26.8 Å². The molecular formula is C14H17BrN2O. The summed E-state index contributed by atoms with van der Waals surface area (Å²) in [5, 5.41) is 3.41. The van der Waals surface area contributed by atoms with E-state index in [0.717, 1.165) is 28.2 Å². The third-order valence-electron chi connectivity index (χ3n) is 2.73. The Hall–Kier alpha value is -1.13. The van der Waals surface area contributed by atoms with Crippen LogP contribution in [0.15, 0.2) is 33.4 Å². The van der Waals surface area contributed by atoms with Gasteiger partial charge in [0.1, 0.15) is 11.8 Å². The lowest BCUT2D eigenvalue weighted by atomic mass is 10.1. The maximum absolute atomic E-state index is 5.56. The van der Waals surface area contributed by atoms with E-state index in [0.29, 0.717) is 0 Å². The highest BCUT2D eigenvalue weighted by Gasteiger charge is 2.20. The summed E-state index contributed by atoms with van der Waals surface area (Å²) in [6.07, 6.45) is 1.69. The van der Waals surface area contributed by atoms with Crippen molar-refractivity contribution in [1.29, 1.82) is 0 Å². The molecule has 1 N–H and O–H groups in total. The van der Waals surface area contributed by atoms with Gasteiger partial charge in [-0.3, -0.25) is 4.98 Å². The van der Waals surface area contributed by atoms with Gasteiger partial charge >= 0.3 is 0 Å². The number of hydrogen-bond acceptors (Lipinski definition) is 3. The summed E-state index contributed by atoms with van der Waals surface area (Å²) >= 11 is 3.51. The molecule has 4 heteroatoms. The quantitative estimate of drug-likeness (QED) is 0.934. The van der Waals surface area contributed by atoms with Gasteiger partial charge in [-0.05, 0) is 60.1 Å². The Morgan fingerprint density at radius 3 is 2.72 bits per heavy atom. The number of pyridine rings is 1. The predicted molar refractivity (Wildman–Crippen MR) is 75.6 cm³/mol. The Morgan fingerprint density at radius 1 is 1.39 bits per heavy atom. The van der Waals surface area contributed by atoms with Crippen LogP contribution in [0.2, 0.25) is 0 Å². The molecule has 2 aromatic heterocycles. The molecule has 0 aromatic carbocycles. The summed E-state index contributed by atoms with van der Waals surface area (Å²) in [7, 11) is 0. The van der Waals surface area contributed by atoms with E-state index in [9.17, 15) is 0 Å². The average molecular weight is 309 g/mol. The van der Waals surface area contributed by atoms with Gasteiger partial charge in [0, 0.05) is 5.69 Å². The van der Waals surface area contributed by atoms with Crippen molar-refractivity contribution in [2.24, 2.45) is 0 Å². The summed E-state index contributed by atoms with van der Waals surface area (Å²) < 4.78 is 6.53. The number of nitrogens with one attached hydrogen (secondary N) is 1. The Bertz CT molecular complexity index is 516. The molecule has 3 nitrogen and oxygen atoms in total. The second-order valence-electron chi connectivity index (χ2n) is 4.33. The first kappa shape index (κ1) is 13.3. The molecule has 0 amide bonds. The van der Waals surface area contributed by atoms with Crippen molar-refractivity contribution in [3.63, 3.8) is 0 Å². The molecule has 18 heavy (non-hydrogen) atoms. The topological polar surface area (TPSA) is 38.1 Å². The fraction of sp³-hybridized carbons (Fsp3) is 0.357. The molecule has 0 saturated heterocycles. The van der Waals surface area contributed by atoms with Gasteiger partial charge in [0.05, 0.1) is 16.4 Å². The monoisotopic (exact) mass is 308 g/mol. The Balaban J connectivity index is 2.44. The molecule has 2 heterocycles. The van der Waals surface area contributed by atoms with Crippen molar-refractivity contribution in [3.05, 3.63) is 51.6 Å². The number of hydrogen-bond donors (Lipinski definition) is 1. The largest absolute Gasteiger partial charge is 0.466 e. The van der Waals surface area contributed by atoms with E-state index in [2.05, 4.69) is 52.2 Å². The van der Waals surface area contributed by atoms with E-state index in [1.54, 1.807) is 6.26 Å². The molecule has 0 radical (unpaired) electrons. The van der Waals surface area contributed by atoms with Crippen LogP contribution in [-0.4, -0.2) is 11.5 Å². The number of furan rings is 1. The first-order valence-corrected chi connectivity index (χ1v) is 6.82. The van der Waals surface area contributed by atoms with E-state index in [1.807, 2.05) is 13.0 Å². The molecule has 96 valence electrons. The van der Waals surface area contributed by atoms with Crippen molar-refractivity contribution in [1.82, 2.24) is 10.3 Å². The lowest BCUT2D eigenvalue weighted by Gasteiger charge is -2.17. The average Bonchev–Trinajstić information content (AvgIpc) is 2.71. The van der Waals surface area contributed by atoms with E-state index in [1.165, 1.54) is 5.56 Å². The minimum atomic E-state index is -0.0158. The van der Waals surface area contributed by atoms with E-state index in [4.69, 9.17) is 4.42 Å². The molecular weight excluding hydrogens is 292 g/mol. The van der Waals surface area contributed by atoms with Gasteiger partial charge in [-0.2, -0.15) is 0 Å². The van der Waals surface area contributed by atoms with E-state index < -0.39 is 0 Å². The Kier molecular flexibility index (Phi) is 4.19. The van der Waals surface area contributed by atoms with Gasteiger partial charge in [-0.25, -0.2) is 0 Å². The zero-order valence-electron chi connectivity index (χ0n) is 10.8. The van der Waals surface area contributed by atoms with Crippen molar-refractivity contribution in [3.8, 4) is 0 Å². The maximum atomic E-state index is 5.56. The van der Waals surface area contributed by atoms with Gasteiger partial charge < -0.3 is 9.73 Å². The second kappa shape index (κ2) is 5.67. The van der Waals surface area contributed by atoms with Crippen molar-refractivity contribution >= 4 is 15.9 Å². The maximum Gasteiger partial charge on any atom is 0.140 e. The highest BCUT2D eigenvalue weighted by Crippen LogP contribution is 2.29. The van der Waals surface area contributed by atoms with Crippen LogP contribution in [0.25, 0.3) is 0 Å². The predicted octanol–water partition coefficient (Wildman–Crippen LogP) is 3.75. The molecule has 0 bridgehead atoms. The first-order valence-electron chi connectivity index (χ1n) is 6.03. The number of aryl methyl sites for hydroxylation is 2. The van der Waals surface area contributed by atoms with Gasteiger partial charge in [-0.1, -0.05) is 6.92 Å². The van der Waals surface area contributed by atoms with Gasteiger partial charge in [0.15, 0.2) is 0 Å². The summed E-state index contributed by atoms with van der Waals surface area (Å²) in [6, 6.07) is 6.05. The molecule has 1 unspecified atom stereocenters. The van der Waals surface area contributed by atoms with Crippen molar-refractivity contribution in [2.75, 3.05) is 6.54 Å². The van der Waals surface area contributed by atoms with Crippen LogP contribution in [0.3, 0.4) is 0 Å². The third kappa shape index (κ3) is 2.82. The molecule has 2 rings (SSSR count). The highest BCUT2D eigenvalue weighted by molar-refractivity contribution is 9.10. The van der Waals surface area contributed by atoms with Gasteiger partial charge in [-0.15, -0.1) is 0 Å². The summed E-state index contributed by atoms with van der Waals surface area (Å²) in [4.78, 5) is 4.61. The molecule has 1 atom stereocenters. The summed E-state index contributed by atoms with van der Waals surface area (Å²) in [6.45, 7) is 7.02. The molecule has 0 saturated carbocycles. The fourth-order valence-corrected chi connectivity index (χ4v) is 2.50. The summed E-state index contributed by atoms with van der Waals surface area (Å²) in [5.74, 6) is 0.870. The van der Waals surface area contributed by atoms with E-state index >= 15 is 0 Å². The number of halogens is 1. The van der Waals surface area contributed by atoms with Crippen LogP contribution < -0.4 is 5.32 Å². The van der Waals surface area contributed by atoms with Crippen LogP contribution in [0.4, 0.5) is 0 Å². The minimum Gasteiger partial charge on any atom is -0.466 e. The van der Waals surface area contributed by atoms with Crippen LogP contribution in [0.1, 0.15) is 35.7 Å². The van der Waals surface area contributed by atoms with Crippen LogP contribution >= 0.6 is 15.9 Å². The van der Waals surface area contributed by atoms with E-state index in [-0.39, 0.29) is 6.04 Å². The Labute approximate surface area is 116 Å². The molecule has 0 aliphatic heterocycles. The zero-order valence-corrected chi connectivity index (χ0v) is 12.4. The molecule has 0 aliphatic carbocycles. The lowest BCUT2D eigenvalue weighted by molar-refractivity contribution is 0.444. The number of nitrogens with zero attached hydrogens (tertiary/aromatic N) is 1. The molecule has 0 aliphatic rings. The summed E-state index contributed by atoms with van der Waals surface area (Å²) in [5.41, 5.74) is 3.23. The van der Waals surface area contributed by atoms with Gasteiger partial charge in [0.25, 0.3) is 0 Å². The smallest absolute Gasteiger partial charge is 0.140 e. The molecule has 0 spiro atoms. The molecule has 0 fully saturated rings. The highest BCUT2D eigenvalue weighted by atomic mass is 79.9. The van der Waals surface area contributed by atoms with Crippen molar-refractivity contribution < 1.29 is 4.42 Å². The number of rotatable bonds is 4. The van der Waals surface area contributed by atoms with Gasteiger partial charge in [0.2, 0.25) is 0 Å². The Morgan fingerprint density at radius 2 is 2.17 bits per heavy atom. The third-order valence-corrected chi connectivity index (χ3v) is 3.38. The minimum absolute atomic E-state index is 0.0158.